The van der Waals surface area contributed by atoms with Gasteiger partial charge in [-0.2, -0.15) is 0 Å². The summed E-state index contributed by atoms with van der Waals surface area (Å²) in [6, 6.07) is 9.03. The van der Waals surface area contributed by atoms with E-state index in [9.17, 15) is 0 Å². The Labute approximate surface area is 103 Å². The van der Waals surface area contributed by atoms with Crippen LogP contribution in [0.5, 0.6) is 0 Å². The minimum atomic E-state index is 0.720. The molecule has 0 heterocycles. The van der Waals surface area contributed by atoms with Crippen molar-refractivity contribution in [3.05, 3.63) is 34.9 Å². The fraction of sp³-hybridized carbons (Fsp3) is 0.571. The number of benzene rings is 1. The lowest BCUT2D eigenvalue weighted by Crippen LogP contribution is -2.40. The molecule has 16 heavy (non-hydrogen) atoms. The van der Waals surface area contributed by atoms with Crippen molar-refractivity contribution in [1.82, 2.24) is 5.32 Å². The van der Waals surface area contributed by atoms with E-state index < -0.39 is 0 Å². The molecule has 0 atom stereocenters. The van der Waals surface area contributed by atoms with Gasteiger partial charge in [0.05, 0.1) is 0 Å². The highest BCUT2D eigenvalue weighted by atomic mass is 35.5. The Kier molecular flexibility index (Phi) is 4.25. The Morgan fingerprint density at radius 1 is 1.38 bits per heavy atom. The first kappa shape index (κ1) is 11.9. The van der Waals surface area contributed by atoms with Gasteiger partial charge in [-0.25, -0.2) is 0 Å². The summed E-state index contributed by atoms with van der Waals surface area (Å²) in [5.41, 5.74) is 1.40. The van der Waals surface area contributed by atoms with Gasteiger partial charge in [0.1, 0.15) is 0 Å². The molecule has 88 valence electrons. The van der Waals surface area contributed by atoms with Crippen LogP contribution in [0.1, 0.15) is 44.1 Å². The second kappa shape index (κ2) is 5.70. The molecule has 1 aromatic carbocycles. The lowest BCUT2D eigenvalue weighted by molar-refractivity contribution is 0.290. The third-order valence-electron chi connectivity index (χ3n) is 3.42. The number of rotatable bonds is 5. The van der Waals surface area contributed by atoms with Crippen LogP contribution < -0.4 is 5.32 Å². The molecule has 1 aromatic rings. The SMILES string of the molecule is CCCCNC1CC(c2cccc(Cl)c2)C1. The van der Waals surface area contributed by atoms with Gasteiger partial charge in [0.2, 0.25) is 0 Å². The summed E-state index contributed by atoms with van der Waals surface area (Å²) in [5.74, 6) is 0.720. The molecule has 2 heteroatoms. The number of nitrogens with one attached hydrogen (secondary N) is 1. The molecule has 1 N–H and O–H groups in total. The van der Waals surface area contributed by atoms with Crippen molar-refractivity contribution in [2.45, 2.75) is 44.6 Å². The smallest absolute Gasteiger partial charge is 0.0408 e. The molecule has 2 rings (SSSR count). The number of unbranched alkanes of at least 4 members (excludes halogenated alkanes) is 1. The van der Waals surface area contributed by atoms with Crippen LogP contribution in [0.2, 0.25) is 5.02 Å². The van der Waals surface area contributed by atoms with E-state index >= 15 is 0 Å². The quantitative estimate of drug-likeness (QED) is 0.764. The first-order chi connectivity index (χ1) is 7.79. The summed E-state index contributed by atoms with van der Waals surface area (Å²) in [6.45, 7) is 3.40. The minimum Gasteiger partial charge on any atom is -0.314 e. The van der Waals surface area contributed by atoms with Gasteiger partial charge in [0.25, 0.3) is 0 Å². The summed E-state index contributed by atoms with van der Waals surface area (Å²) in [7, 11) is 0. The fourth-order valence-electron chi connectivity index (χ4n) is 2.30. The molecule has 1 nitrogen and oxygen atoms in total. The van der Waals surface area contributed by atoms with Crippen molar-refractivity contribution in [3.8, 4) is 0 Å². The molecule has 0 spiro atoms. The van der Waals surface area contributed by atoms with Crippen LogP contribution in [0.25, 0.3) is 0 Å². The molecule has 1 fully saturated rings. The second-order valence-corrected chi connectivity index (χ2v) is 5.16. The van der Waals surface area contributed by atoms with Crippen molar-refractivity contribution in [1.29, 1.82) is 0 Å². The minimum absolute atomic E-state index is 0.720. The Bertz CT molecular complexity index is 331. The number of hydrogen-bond acceptors (Lipinski definition) is 1. The zero-order valence-corrected chi connectivity index (χ0v) is 10.6. The molecule has 0 aromatic heterocycles. The van der Waals surface area contributed by atoms with E-state index in [-0.39, 0.29) is 0 Å². The molecule has 0 amide bonds. The average molecular weight is 238 g/mol. The summed E-state index contributed by atoms with van der Waals surface area (Å²) < 4.78 is 0. The van der Waals surface area contributed by atoms with E-state index in [1.165, 1.54) is 37.8 Å². The Hall–Kier alpha value is -0.530. The third-order valence-corrected chi connectivity index (χ3v) is 3.66. The molecule has 0 unspecified atom stereocenters. The molecule has 0 bridgehead atoms. The van der Waals surface area contributed by atoms with Gasteiger partial charge < -0.3 is 5.32 Å². The van der Waals surface area contributed by atoms with Crippen molar-refractivity contribution in [2.75, 3.05) is 6.54 Å². The van der Waals surface area contributed by atoms with Crippen LogP contribution in [0, 0.1) is 0 Å². The Morgan fingerprint density at radius 2 is 2.19 bits per heavy atom. The van der Waals surface area contributed by atoms with Gasteiger partial charge in [0, 0.05) is 11.1 Å². The van der Waals surface area contributed by atoms with Crippen LogP contribution in [0.3, 0.4) is 0 Å². The highest BCUT2D eigenvalue weighted by molar-refractivity contribution is 6.30. The van der Waals surface area contributed by atoms with Gasteiger partial charge in [-0.05, 0) is 49.4 Å². The molecule has 1 aliphatic carbocycles. The maximum absolute atomic E-state index is 5.99. The van der Waals surface area contributed by atoms with Crippen LogP contribution in [0.4, 0.5) is 0 Å². The molecule has 1 saturated carbocycles. The van der Waals surface area contributed by atoms with E-state index in [4.69, 9.17) is 11.6 Å². The Morgan fingerprint density at radius 3 is 2.88 bits per heavy atom. The zero-order valence-electron chi connectivity index (χ0n) is 9.88. The average Bonchev–Trinajstić information content (AvgIpc) is 2.21. The molecule has 1 aliphatic rings. The van der Waals surface area contributed by atoms with E-state index in [1.807, 2.05) is 6.07 Å². The molecule has 0 aliphatic heterocycles. The number of hydrogen-bond donors (Lipinski definition) is 1. The molecule has 0 radical (unpaired) electrons. The van der Waals surface area contributed by atoms with E-state index in [0.717, 1.165) is 17.0 Å². The molecular weight excluding hydrogens is 218 g/mol. The van der Waals surface area contributed by atoms with Crippen molar-refractivity contribution < 1.29 is 0 Å². The standard InChI is InChI=1S/C14H20ClN/c1-2-3-7-16-14-9-12(10-14)11-5-4-6-13(15)8-11/h4-6,8,12,14,16H,2-3,7,9-10H2,1H3. The fourth-order valence-corrected chi connectivity index (χ4v) is 2.50. The highest BCUT2D eigenvalue weighted by Crippen LogP contribution is 2.37. The second-order valence-electron chi connectivity index (χ2n) is 4.73. The van der Waals surface area contributed by atoms with Crippen LogP contribution >= 0.6 is 11.6 Å². The predicted molar refractivity (Wildman–Crippen MR) is 70.1 cm³/mol. The van der Waals surface area contributed by atoms with Gasteiger partial charge >= 0.3 is 0 Å². The van der Waals surface area contributed by atoms with Gasteiger partial charge in [-0.15, -0.1) is 0 Å². The van der Waals surface area contributed by atoms with Crippen LogP contribution in [-0.4, -0.2) is 12.6 Å². The summed E-state index contributed by atoms with van der Waals surface area (Å²) in [6.07, 6.45) is 5.10. The normalized spacial score (nSPS) is 24.1. The first-order valence-corrected chi connectivity index (χ1v) is 6.66. The largest absolute Gasteiger partial charge is 0.314 e. The van der Waals surface area contributed by atoms with Gasteiger partial charge in [0.15, 0.2) is 0 Å². The highest BCUT2D eigenvalue weighted by Gasteiger charge is 2.29. The maximum atomic E-state index is 5.99. The van der Waals surface area contributed by atoms with E-state index in [0.29, 0.717) is 0 Å². The summed E-state index contributed by atoms with van der Waals surface area (Å²) in [4.78, 5) is 0. The maximum Gasteiger partial charge on any atom is 0.0408 e. The summed E-state index contributed by atoms with van der Waals surface area (Å²) in [5, 5.41) is 4.46. The van der Waals surface area contributed by atoms with E-state index in [2.05, 4.69) is 30.4 Å². The summed E-state index contributed by atoms with van der Waals surface area (Å²) >= 11 is 5.99. The van der Waals surface area contributed by atoms with Crippen molar-refractivity contribution in [3.63, 3.8) is 0 Å². The first-order valence-electron chi connectivity index (χ1n) is 6.28. The van der Waals surface area contributed by atoms with Crippen LogP contribution in [0.15, 0.2) is 24.3 Å². The monoisotopic (exact) mass is 237 g/mol. The lowest BCUT2D eigenvalue weighted by atomic mass is 9.76. The van der Waals surface area contributed by atoms with E-state index in [1.54, 1.807) is 0 Å². The lowest BCUT2D eigenvalue weighted by Gasteiger charge is -2.36. The molecular formula is C14H20ClN. The molecule has 0 saturated heterocycles. The van der Waals surface area contributed by atoms with Gasteiger partial charge in [-0.3, -0.25) is 0 Å². The van der Waals surface area contributed by atoms with Crippen molar-refractivity contribution >= 4 is 11.6 Å². The third kappa shape index (κ3) is 2.99. The van der Waals surface area contributed by atoms with Crippen molar-refractivity contribution in [2.24, 2.45) is 0 Å². The van der Waals surface area contributed by atoms with Crippen LogP contribution in [-0.2, 0) is 0 Å². The predicted octanol–water partition coefficient (Wildman–Crippen LogP) is 3.98. The van der Waals surface area contributed by atoms with Gasteiger partial charge in [-0.1, -0.05) is 37.1 Å². The Balaban J connectivity index is 1.75. The topological polar surface area (TPSA) is 12.0 Å². The number of halogens is 1. The zero-order chi connectivity index (χ0) is 11.4.